The number of carbonyl (C=O) groups excluding carboxylic acids is 1. The van der Waals surface area contributed by atoms with Crippen LogP contribution in [0, 0.1) is 6.92 Å². The Labute approximate surface area is 181 Å². The number of hydrogen-bond acceptors (Lipinski definition) is 6. The summed E-state index contributed by atoms with van der Waals surface area (Å²) in [5, 5.41) is 1.10. The van der Waals surface area contributed by atoms with Gasteiger partial charge in [-0.1, -0.05) is 25.0 Å². The van der Waals surface area contributed by atoms with Crippen LogP contribution in [0.1, 0.15) is 60.3 Å². The number of rotatable bonds is 9. The minimum atomic E-state index is -0.147. The van der Waals surface area contributed by atoms with E-state index in [1.54, 1.807) is 0 Å². The van der Waals surface area contributed by atoms with Gasteiger partial charge in [0.1, 0.15) is 12.1 Å². The topological polar surface area (TPSA) is 99.8 Å². The average molecular weight is 418 g/mol. The van der Waals surface area contributed by atoms with Crippen molar-refractivity contribution in [2.75, 3.05) is 0 Å². The molecule has 0 aliphatic heterocycles. The quantitative estimate of drug-likeness (QED) is 0.311. The maximum atomic E-state index is 11.9. The van der Waals surface area contributed by atoms with Crippen molar-refractivity contribution in [3.05, 3.63) is 66.4 Å². The van der Waals surface area contributed by atoms with Crippen LogP contribution in [0.4, 0.5) is 0 Å². The summed E-state index contributed by atoms with van der Waals surface area (Å²) in [5.74, 6) is 1.01. The zero-order valence-electron chi connectivity index (χ0n) is 17.9. The molecule has 0 spiro atoms. The molecule has 4 aromatic rings. The van der Waals surface area contributed by atoms with E-state index in [-0.39, 0.29) is 17.7 Å². The lowest BCUT2D eigenvalue weighted by atomic mass is 10.1. The van der Waals surface area contributed by atoms with E-state index in [9.17, 15) is 4.79 Å². The number of nitrogens with zero attached hydrogens (tertiary/aromatic N) is 4. The fourth-order valence-corrected chi connectivity index (χ4v) is 3.77. The van der Waals surface area contributed by atoms with Crippen molar-refractivity contribution in [2.45, 2.75) is 45.1 Å². The highest BCUT2D eigenvalue weighted by Crippen LogP contribution is 2.26. The zero-order chi connectivity index (χ0) is 21.8. The van der Waals surface area contributed by atoms with E-state index in [1.807, 2.05) is 36.9 Å². The molecular formula is C24H27N5O2. The van der Waals surface area contributed by atoms with Crippen LogP contribution in [-0.2, 0) is 7.05 Å². The first-order valence-corrected chi connectivity index (χ1v) is 10.6. The largest absolute Gasteiger partial charge is 0.442 e. The summed E-state index contributed by atoms with van der Waals surface area (Å²) >= 11 is 0. The molecule has 1 atom stereocenters. The first-order chi connectivity index (χ1) is 15.0. The van der Waals surface area contributed by atoms with Crippen LogP contribution in [0.5, 0.6) is 0 Å². The molecule has 0 amide bonds. The highest BCUT2D eigenvalue weighted by atomic mass is 16.3. The van der Waals surface area contributed by atoms with Gasteiger partial charge in [-0.2, -0.15) is 0 Å². The van der Waals surface area contributed by atoms with E-state index in [0.29, 0.717) is 6.42 Å². The van der Waals surface area contributed by atoms with Gasteiger partial charge in [0.15, 0.2) is 0 Å². The van der Waals surface area contributed by atoms with Gasteiger partial charge in [-0.15, -0.1) is 0 Å². The third-order valence-corrected chi connectivity index (χ3v) is 5.46. The van der Waals surface area contributed by atoms with E-state index in [2.05, 4.69) is 28.2 Å². The molecule has 3 heterocycles. The van der Waals surface area contributed by atoms with Crippen LogP contribution < -0.4 is 5.73 Å². The number of pyridine rings is 1. The Bertz CT molecular complexity index is 1180. The van der Waals surface area contributed by atoms with Crippen molar-refractivity contribution >= 4 is 16.7 Å². The number of benzene rings is 1. The predicted octanol–water partition coefficient (Wildman–Crippen LogP) is 4.76. The van der Waals surface area contributed by atoms with Crippen LogP contribution in [-0.4, -0.2) is 25.3 Å². The molecule has 1 aromatic carbocycles. The molecule has 0 radical (unpaired) electrons. The monoisotopic (exact) mass is 417 g/mol. The third kappa shape index (κ3) is 4.88. The van der Waals surface area contributed by atoms with Crippen LogP contribution in [0.15, 0.2) is 53.4 Å². The number of imidazole rings is 1. The van der Waals surface area contributed by atoms with Crippen molar-refractivity contribution in [2.24, 2.45) is 12.8 Å². The minimum absolute atomic E-state index is 0.0520. The molecule has 0 saturated heterocycles. The van der Waals surface area contributed by atoms with Crippen molar-refractivity contribution < 1.29 is 9.21 Å². The molecule has 0 saturated carbocycles. The van der Waals surface area contributed by atoms with E-state index in [0.717, 1.165) is 59.4 Å². The molecule has 0 fully saturated rings. The smallest absolute Gasteiger partial charge is 0.263 e. The van der Waals surface area contributed by atoms with Crippen molar-refractivity contribution in [3.63, 3.8) is 0 Å². The van der Waals surface area contributed by atoms with Gasteiger partial charge in [0.25, 0.3) is 5.89 Å². The van der Waals surface area contributed by atoms with Crippen molar-refractivity contribution in [1.82, 2.24) is 19.5 Å². The lowest BCUT2D eigenvalue weighted by Crippen LogP contribution is -2.15. The number of ketones is 1. The van der Waals surface area contributed by atoms with E-state index in [4.69, 9.17) is 15.1 Å². The standard InChI is InChI=1S/C24H27N5O2/c1-16-8-9-17-14-18(10-11-20(17)27-16)21-15-29(2)23(28-21)19(25)6-4-3-5-7-22(30)24-26-12-13-31-24/h8-15,19H,3-7,25H2,1-2H3. The summed E-state index contributed by atoms with van der Waals surface area (Å²) in [7, 11) is 1.98. The normalized spacial score (nSPS) is 12.4. The van der Waals surface area contributed by atoms with Crippen LogP contribution in [0.3, 0.4) is 0 Å². The molecule has 1 unspecified atom stereocenters. The highest BCUT2D eigenvalue weighted by Gasteiger charge is 2.15. The predicted molar refractivity (Wildman–Crippen MR) is 120 cm³/mol. The Morgan fingerprint density at radius 2 is 2.03 bits per heavy atom. The first-order valence-electron chi connectivity index (χ1n) is 10.6. The number of aromatic nitrogens is 4. The van der Waals surface area contributed by atoms with Gasteiger partial charge in [-0.25, -0.2) is 9.97 Å². The van der Waals surface area contributed by atoms with E-state index in [1.165, 1.54) is 12.5 Å². The summed E-state index contributed by atoms with van der Waals surface area (Å²) < 4.78 is 7.04. The minimum Gasteiger partial charge on any atom is -0.442 e. The van der Waals surface area contributed by atoms with Gasteiger partial charge in [-0.3, -0.25) is 9.78 Å². The maximum absolute atomic E-state index is 11.9. The molecule has 31 heavy (non-hydrogen) atoms. The molecule has 4 rings (SSSR count). The van der Waals surface area contributed by atoms with Gasteiger partial charge in [0.05, 0.1) is 23.4 Å². The SMILES string of the molecule is Cc1ccc2cc(-c3cn(C)c(C(N)CCCCCC(=O)c4ncco4)n3)ccc2n1. The number of hydrogen-bond donors (Lipinski definition) is 1. The van der Waals surface area contributed by atoms with Crippen molar-refractivity contribution in [3.8, 4) is 11.3 Å². The van der Waals surface area contributed by atoms with Gasteiger partial charge in [-0.05, 0) is 38.0 Å². The van der Waals surface area contributed by atoms with Crippen molar-refractivity contribution in [1.29, 1.82) is 0 Å². The number of unbranched alkanes of at least 4 members (excludes halogenated alkanes) is 2. The lowest BCUT2D eigenvalue weighted by molar-refractivity contribution is 0.0945. The second kappa shape index (κ2) is 9.22. The first kappa shape index (κ1) is 20.9. The highest BCUT2D eigenvalue weighted by molar-refractivity contribution is 5.91. The number of aryl methyl sites for hydroxylation is 2. The second-order valence-corrected chi connectivity index (χ2v) is 7.92. The van der Waals surface area contributed by atoms with E-state index < -0.39 is 0 Å². The Morgan fingerprint density at radius 1 is 1.16 bits per heavy atom. The lowest BCUT2D eigenvalue weighted by Gasteiger charge is -2.11. The van der Waals surface area contributed by atoms with Crippen LogP contribution in [0.25, 0.3) is 22.2 Å². The maximum Gasteiger partial charge on any atom is 0.263 e. The number of fused-ring (bicyclic) bond motifs is 1. The number of carbonyl (C=O) groups is 1. The van der Waals surface area contributed by atoms with Crippen LogP contribution >= 0.6 is 0 Å². The Kier molecular flexibility index (Phi) is 6.23. The van der Waals surface area contributed by atoms with Gasteiger partial charge in [0.2, 0.25) is 5.78 Å². The Morgan fingerprint density at radius 3 is 2.84 bits per heavy atom. The molecule has 7 nitrogen and oxygen atoms in total. The molecule has 0 aliphatic rings. The van der Waals surface area contributed by atoms with Crippen LogP contribution in [0.2, 0.25) is 0 Å². The van der Waals surface area contributed by atoms with Gasteiger partial charge < -0.3 is 14.7 Å². The average Bonchev–Trinajstić information content (AvgIpc) is 3.43. The van der Waals surface area contributed by atoms with Gasteiger partial charge >= 0.3 is 0 Å². The molecule has 7 heteroatoms. The summed E-state index contributed by atoms with van der Waals surface area (Å²) in [4.78, 5) is 25.2. The van der Waals surface area contributed by atoms with Gasteiger partial charge in [0, 0.05) is 36.3 Å². The zero-order valence-corrected chi connectivity index (χ0v) is 17.9. The molecule has 0 aliphatic carbocycles. The Hall–Kier alpha value is -3.32. The fraction of sp³-hybridized carbons (Fsp3) is 0.333. The molecular weight excluding hydrogens is 390 g/mol. The summed E-state index contributed by atoms with van der Waals surface area (Å²) in [6.07, 6.45) is 8.85. The molecule has 0 bridgehead atoms. The molecule has 3 aromatic heterocycles. The molecule has 2 N–H and O–H groups in total. The summed E-state index contributed by atoms with van der Waals surface area (Å²) in [6.45, 7) is 1.99. The fourth-order valence-electron chi connectivity index (χ4n) is 3.77. The molecule has 160 valence electrons. The third-order valence-electron chi connectivity index (χ3n) is 5.46. The number of Topliss-reactive ketones (excluding diaryl/α,β-unsaturated/α-hetero) is 1. The second-order valence-electron chi connectivity index (χ2n) is 7.92. The summed E-state index contributed by atoms with van der Waals surface area (Å²) in [6, 6.07) is 10.2. The summed E-state index contributed by atoms with van der Waals surface area (Å²) in [5.41, 5.74) is 10.4. The van der Waals surface area contributed by atoms with E-state index >= 15 is 0 Å². The number of oxazole rings is 1. The number of nitrogens with two attached hydrogens (primary N) is 1. The Balaban J connectivity index is 1.34.